The molecule has 0 unspecified atom stereocenters. The van der Waals surface area contributed by atoms with Gasteiger partial charge >= 0.3 is 5.97 Å². The van der Waals surface area contributed by atoms with Crippen LogP contribution in [0.25, 0.3) is 0 Å². The number of carbonyl (C=O) groups excluding carboxylic acids is 5. The van der Waals surface area contributed by atoms with Crippen LogP contribution in [0.1, 0.15) is 126 Å². The standard InChI is InChI=1S/C51H79NO13/c1-30-16-12-11-13-17-31(2)42(61-8)28-38-21-19-36(7)51(60,65-38)48(57)49(58)52-23-15-14-18-39(52)50(59)64-43(33(4)26-37-20-22-40(53)44(27-37)62-9)29-41(54)32(3)25-35(6)46(56)47(63-10)45(55)34(5)24-30/h11-13,16-17,25,30,32-34,36-40,42-44,46-47,53,56,60H,14-15,18-24,26-29H2,1-10H3/b13-11+,16-12-,31-17+,35-25+/t30-,32-,33-,34-,36-,37-,38+,39+,40-,42-,43+,44-,46-,47+,51-/m1/s1. The highest BCUT2D eigenvalue weighted by Gasteiger charge is 2.53. The molecule has 366 valence electrons. The van der Waals surface area contributed by atoms with Crippen LogP contribution in [0.15, 0.2) is 47.6 Å². The minimum Gasteiger partial charge on any atom is -0.460 e. The third kappa shape index (κ3) is 14.3. The van der Waals surface area contributed by atoms with Crippen molar-refractivity contribution in [3.8, 4) is 0 Å². The summed E-state index contributed by atoms with van der Waals surface area (Å²) in [6.45, 7) is 12.7. The van der Waals surface area contributed by atoms with Crippen LogP contribution in [0.4, 0.5) is 0 Å². The second-order valence-corrected chi connectivity index (χ2v) is 19.6. The molecule has 65 heavy (non-hydrogen) atoms. The molecule has 1 aliphatic carbocycles. The number of piperidine rings is 1. The van der Waals surface area contributed by atoms with Crippen molar-refractivity contribution in [1.82, 2.24) is 4.90 Å². The Morgan fingerprint density at radius 1 is 0.846 bits per heavy atom. The molecule has 3 fully saturated rings. The summed E-state index contributed by atoms with van der Waals surface area (Å²) < 4.78 is 29.4. The number of aliphatic hydroxyl groups excluding tert-OH is 2. The molecule has 0 aromatic heterocycles. The molecule has 15 atom stereocenters. The van der Waals surface area contributed by atoms with Crippen LogP contribution in [-0.2, 0) is 47.7 Å². The molecule has 0 aromatic carbocycles. The van der Waals surface area contributed by atoms with Crippen molar-refractivity contribution in [2.75, 3.05) is 27.9 Å². The van der Waals surface area contributed by atoms with Gasteiger partial charge in [-0.25, -0.2) is 4.79 Å². The number of ether oxygens (including phenoxy) is 5. The average Bonchev–Trinajstić information content (AvgIpc) is 3.28. The van der Waals surface area contributed by atoms with Crippen LogP contribution >= 0.6 is 0 Å². The molecule has 14 heteroatoms. The number of amides is 1. The lowest BCUT2D eigenvalue weighted by molar-refractivity contribution is -0.265. The maximum atomic E-state index is 14.4. The van der Waals surface area contributed by atoms with Crippen molar-refractivity contribution in [1.29, 1.82) is 0 Å². The maximum absolute atomic E-state index is 14.4. The monoisotopic (exact) mass is 914 g/mol. The van der Waals surface area contributed by atoms with Gasteiger partial charge in [-0.05, 0) is 107 Å². The number of nitrogens with zero attached hydrogens (tertiary/aromatic N) is 1. The van der Waals surface area contributed by atoms with Gasteiger partial charge in [-0.2, -0.15) is 0 Å². The molecule has 3 heterocycles. The lowest BCUT2D eigenvalue weighted by Crippen LogP contribution is -2.61. The van der Waals surface area contributed by atoms with Gasteiger partial charge in [0.05, 0.1) is 24.4 Å². The normalized spacial score (nSPS) is 40.4. The Kier molecular flexibility index (Phi) is 21.0. The maximum Gasteiger partial charge on any atom is 0.329 e. The molecule has 2 saturated heterocycles. The van der Waals surface area contributed by atoms with Crippen LogP contribution in [0.3, 0.4) is 0 Å². The number of Topliss-reactive ketones (excluding diaryl/α,β-unsaturated/α-hetero) is 3. The van der Waals surface area contributed by atoms with E-state index in [9.17, 15) is 39.3 Å². The smallest absolute Gasteiger partial charge is 0.329 e. The van der Waals surface area contributed by atoms with Crippen molar-refractivity contribution in [2.24, 2.45) is 35.5 Å². The van der Waals surface area contributed by atoms with Crippen LogP contribution in [0, 0.1) is 35.5 Å². The second kappa shape index (κ2) is 25.1. The van der Waals surface area contributed by atoms with Gasteiger partial charge in [-0.3, -0.25) is 19.2 Å². The van der Waals surface area contributed by atoms with Gasteiger partial charge < -0.3 is 43.9 Å². The molecule has 4 rings (SSSR count). The van der Waals surface area contributed by atoms with Gasteiger partial charge in [-0.15, -0.1) is 0 Å². The zero-order valence-corrected chi connectivity index (χ0v) is 40.6. The Morgan fingerprint density at radius 2 is 1.57 bits per heavy atom. The van der Waals surface area contributed by atoms with Gasteiger partial charge in [0, 0.05) is 58.5 Å². The fourth-order valence-electron chi connectivity index (χ4n) is 10.1. The van der Waals surface area contributed by atoms with Gasteiger partial charge in [0.15, 0.2) is 5.78 Å². The number of esters is 1. The van der Waals surface area contributed by atoms with Crippen LogP contribution in [0.2, 0.25) is 0 Å². The molecule has 1 saturated carbocycles. The summed E-state index contributed by atoms with van der Waals surface area (Å²) in [7, 11) is 4.52. The Labute approximate surface area is 387 Å². The van der Waals surface area contributed by atoms with E-state index in [0.717, 1.165) is 12.0 Å². The van der Waals surface area contributed by atoms with Crippen molar-refractivity contribution in [3.05, 3.63) is 47.6 Å². The minimum atomic E-state index is -2.43. The number of hydrogen-bond donors (Lipinski definition) is 3. The van der Waals surface area contributed by atoms with E-state index in [2.05, 4.69) is 0 Å². The first-order chi connectivity index (χ1) is 30.7. The Morgan fingerprint density at radius 3 is 2.25 bits per heavy atom. The molecule has 3 aliphatic heterocycles. The lowest BCUT2D eigenvalue weighted by Gasteiger charge is -2.42. The number of cyclic esters (lactones) is 1. The van der Waals surface area contributed by atoms with Crippen molar-refractivity contribution in [2.45, 2.75) is 180 Å². The molecule has 4 aliphatic rings. The minimum absolute atomic E-state index is 0.0193. The highest BCUT2D eigenvalue weighted by atomic mass is 16.6. The van der Waals surface area contributed by atoms with E-state index in [1.165, 1.54) is 12.0 Å². The summed E-state index contributed by atoms with van der Waals surface area (Å²) in [5.74, 6) is -7.96. The number of ketones is 3. The summed E-state index contributed by atoms with van der Waals surface area (Å²) in [5.41, 5.74) is 1.27. The van der Waals surface area contributed by atoms with E-state index in [0.29, 0.717) is 63.4 Å². The largest absolute Gasteiger partial charge is 0.460 e. The van der Waals surface area contributed by atoms with E-state index >= 15 is 0 Å². The van der Waals surface area contributed by atoms with Crippen molar-refractivity contribution in [3.63, 3.8) is 0 Å². The summed E-state index contributed by atoms with van der Waals surface area (Å²) in [4.78, 5) is 71.8. The lowest BCUT2D eigenvalue weighted by atomic mass is 9.78. The molecule has 0 radical (unpaired) electrons. The zero-order chi connectivity index (χ0) is 48.2. The van der Waals surface area contributed by atoms with Gasteiger partial charge in [-0.1, -0.05) is 71.1 Å². The number of rotatable bonds is 6. The van der Waals surface area contributed by atoms with E-state index in [4.69, 9.17) is 23.7 Å². The topological polar surface area (TPSA) is 195 Å². The van der Waals surface area contributed by atoms with E-state index < -0.39 is 83.9 Å². The van der Waals surface area contributed by atoms with E-state index in [1.54, 1.807) is 41.1 Å². The Balaban J connectivity index is 1.70. The molecule has 2 bridgehead atoms. The first-order valence-electron chi connectivity index (χ1n) is 23.9. The van der Waals surface area contributed by atoms with E-state index in [1.807, 2.05) is 58.1 Å². The zero-order valence-electron chi connectivity index (χ0n) is 40.6. The number of methoxy groups -OCH3 is 3. The van der Waals surface area contributed by atoms with Crippen LogP contribution in [0.5, 0.6) is 0 Å². The number of aliphatic hydroxyl groups is 3. The molecular weight excluding hydrogens is 835 g/mol. The van der Waals surface area contributed by atoms with Crippen LogP contribution < -0.4 is 0 Å². The van der Waals surface area contributed by atoms with Gasteiger partial charge in [0.25, 0.3) is 11.7 Å². The Hall–Kier alpha value is -3.37. The third-order valence-corrected chi connectivity index (χ3v) is 14.5. The number of fused-ring (bicyclic) bond motifs is 3. The quantitative estimate of drug-likeness (QED) is 0.156. The van der Waals surface area contributed by atoms with Crippen LogP contribution in [-0.4, -0.2) is 132 Å². The van der Waals surface area contributed by atoms with Gasteiger partial charge in [0.2, 0.25) is 5.79 Å². The third-order valence-electron chi connectivity index (χ3n) is 14.5. The fourth-order valence-corrected chi connectivity index (χ4v) is 10.1. The predicted molar refractivity (Wildman–Crippen MR) is 245 cm³/mol. The molecule has 0 aromatic rings. The highest BCUT2D eigenvalue weighted by Crippen LogP contribution is 2.38. The van der Waals surface area contributed by atoms with Crippen molar-refractivity contribution >= 4 is 29.2 Å². The summed E-state index contributed by atoms with van der Waals surface area (Å²) >= 11 is 0. The number of hydrogen-bond acceptors (Lipinski definition) is 13. The summed E-state index contributed by atoms with van der Waals surface area (Å²) in [5, 5.41) is 33.8. The SMILES string of the molecule is CO[C@@H]1C[C@@H]2CC[C@@H](C)[C@@](O)(O2)C(=O)C(=O)N2CCCC[C@H]2C(=O)O[C@H]([C@H](C)C[C@H]2CC[C@@H](O)[C@H](OC)C2)CC(=O)[C@H](C)/C=C(\C)[C@@H](O)[C@@H](OC)C(=O)[C@H](C)C[C@H](C)\C=C/C=C/C=C/1C. The molecule has 14 nitrogen and oxygen atoms in total. The number of allylic oxidation sites excluding steroid dienone is 6. The first kappa shape index (κ1) is 54.2. The molecule has 0 spiro atoms. The fraction of sp³-hybridized carbons (Fsp3) is 0.745. The number of carbonyl (C=O) groups is 5. The Bertz CT molecular complexity index is 1760. The average molecular weight is 914 g/mol. The summed E-state index contributed by atoms with van der Waals surface area (Å²) in [6, 6.07) is -1.14. The van der Waals surface area contributed by atoms with Gasteiger partial charge in [0.1, 0.15) is 30.1 Å². The summed E-state index contributed by atoms with van der Waals surface area (Å²) in [6.07, 6.45) is 11.2. The first-order valence-corrected chi connectivity index (χ1v) is 23.9. The van der Waals surface area contributed by atoms with Crippen molar-refractivity contribution < 1.29 is 63.0 Å². The second-order valence-electron chi connectivity index (χ2n) is 19.6. The highest BCUT2D eigenvalue weighted by molar-refractivity contribution is 6.39. The molecule has 1 amide bonds. The predicted octanol–water partition coefficient (Wildman–Crippen LogP) is 6.18. The molecule has 3 N–H and O–H groups in total. The van der Waals surface area contributed by atoms with E-state index in [-0.39, 0.29) is 54.8 Å². The molecular formula is C51H79NO13.